The number of nitrogens with zero attached hydrogens (tertiary/aromatic N) is 1. The van der Waals surface area contributed by atoms with Crippen LogP contribution in [0.1, 0.15) is 11.1 Å². The van der Waals surface area contributed by atoms with Crippen molar-refractivity contribution in [1.29, 1.82) is 0 Å². The Bertz CT molecular complexity index is 613. The highest BCUT2D eigenvalue weighted by Gasteiger charge is 2.14. The van der Waals surface area contributed by atoms with Crippen molar-refractivity contribution in [2.75, 3.05) is 18.0 Å². The van der Waals surface area contributed by atoms with E-state index >= 15 is 0 Å². The molecule has 3 rings (SSSR count). The lowest BCUT2D eigenvalue weighted by molar-refractivity contribution is 0.688. The van der Waals surface area contributed by atoms with E-state index in [4.69, 9.17) is 23.2 Å². The standard InChI is InChI=1S/C16H16Cl2N2/c17-14-6-5-12(9-15(14)18)11-20-8-7-19-10-13-3-1-2-4-16(13)20/h1-6,9,19H,7-8,10-11H2. The molecule has 0 aliphatic carbocycles. The fourth-order valence-corrected chi connectivity index (χ4v) is 2.87. The summed E-state index contributed by atoms with van der Waals surface area (Å²) >= 11 is 12.1. The van der Waals surface area contributed by atoms with E-state index in [2.05, 4.69) is 34.5 Å². The summed E-state index contributed by atoms with van der Waals surface area (Å²) in [6.07, 6.45) is 0. The summed E-state index contributed by atoms with van der Waals surface area (Å²) < 4.78 is 0. The van der Waals surface area contributed by atoms with Gasteiger partial charge in [0, 0.05) is 31.9 Å². The molecule has 0 unspecified atom stereocenters. The van der Waals surface area contributed by atoms with Crippen molar-refractivity contribution in [3.63, 3.8) is 0 Å². The molecule has 1 heterocycles. The van der Waals surface area contributed by atoms with E-state index in [0.717, 1.165) is 26.2 Å². The molecule has 0 radical (unpaired) electrons. The Labute approximate surface area is 129 Å². The molecule has 0 saturated carbocycles. The molecule has 20 heavy (non-hydrogen) atoms. The molecule has 4 heteroatoms. The SMILES string of the molecule is Clc1ccc(CN2CCNCc3ccccc32)cc1Cl. The van der Waals surface area contributed by atoms with Crippen LogP contribution in [0.4, 0.5) is 5.69 Å². The van der Waals surface area contributed by atoms with Crippen molar-refractivity contribution < 1.29 is 0 Å². The highest BCUT2D eigenvalue weighted by molar-refractivity contribution is 6.42. The zero-order valence-electron chi connectivity index (χ0n) is 11.1. The van der Waals surface area contributed by atoms with Crippen molar-refractivity contribution in [3.05, 3.63) is 63.6 Å². The van der Waals surface area contributed by atoms with Gasteiger partial charge in [-0.3, -0.25) is 0 Å². The third-order valence-electron chi connectivity index (χ3n) is 3.56. The summed E-state index contributed by atoms with van der Waals surface area (Å²) in [7, 11) is 0. The molecule has 1 N–H and O–H groups in total. The van der Waals surface area contributed by atoms with Gasteiger partial charge in [0.05, 0.1) is 10.0 Å². The van der Waals surface area contributed by atoms with Crippen LogP contribution in [-0.4, -0.2) is 13.1 Å². The van der Waals surface area contributed by atoms with Crippen molar-refractivity contribution >= 4 is 28.9 Å². The summed E-state index contributed by atoms with van der Waals surface area (Å²) in [5, 5.41) is 4.67. The Hall–Kier alpha value is -1.22. The van der Waals surface area contributed by atoms with Gasteiger partial charge in [-0.1, -0.05) is 47.5 Å². The number of nitrogens with one attached hydrogen (secondary N) is 1. The number of rotatable bonds is 2. The van der Waals surface area contributed by atoms with Crippen LogP contribution in [-0.2, 0) is 13.1 Å². The molecule has 0 atom stereocenters. The molecule has 2 aromatic rings. The van der Waals surface area contributed by atoms with Crippen LogP contribution in [0.3, 0.4) is 0 Å². The summed E-state index contributed by atoms with van der Waals surface area (Å²) in [4.78, 5) is 2.38. The second-order valence-electron chi connectivity index (χ2n) is 4.98. The van der Waals surface area contributed by atoms with Gasteiger partial charge in [-0.05, 0) is 29.3 Å². The first-order valence-corrected chi connectivity index (χ1v) is 7.47. The molecule has 2 aromatic carbocycles. The maximum absolute atomic E-state index is 6.10. The van der Waals surface area contributed by atoms with Gasteiger partial charge < -0.3 is 10.2 Å². The first kappa shape index (κ1) is 13.7. The van der Waals surface area contributed by atoms with Crippen LogP contribution in [0.2, 0.25) is 10.0 Å². The smallest absolute Gasteiger partial charge is 0.0595 e. The maximum Gasteiger partial charge on any atom is 0.0595 e. The molecule has 2 nitrogen and oxygen atoms in total. The van der Waals surface area contributed by atoms with E-state index in [0.29, 0.717) is 10.0 Å². The van der Waals surface area contributed by atoms with E-state index in [1.807, 2.05) is 18.2 Å². The van der Waals surface area contributed by atoms with Gasteiger partial charge in [-0.2, -0.15) is 0 Å². The molecule has 0 amide bonds. The van der Waals surface area contributed by atoms with Gasteiger partial charge in [-0.15, -0.1) is 0 Å². The molecule has 0 bridgehead atoms. The topological polar surface area (TPSA) is 15.3 Å². The molecule has 0 spiro atoms. The lowest BCUT2D eigenvalue weighted by Gasteiger charge is -2.24. The number of para-hydroxylation sites is 1. The minimum Gasteiger partial charge on any atom is -0.366 e. The van der Waals surface area contributed by atoms with Crippen LogP contribution >= 0.6 is 23.2 Å². The monoisotopic (exact) mass is 306 g/mol. The Kier molecular flexibility index (Phi) is 4.16. The minimum atomic E-state index is 0.605. The fraction of sp³-hybridized carbons (Fsp3) is 0.250. The first-order valence-electron chi connectivity index (χ1n) is 6.71. The molecule has 0 aromatic heterocycles. The van der Waals surface area contributed by atoms with Crippen molar-refractivity contribution in [3.8, 4) is 0 Å². The van der Waals surface area contributed by atoms with Gasteiger partial charge in [-0.25, -0.2) is 0 Å². The Morgan fingerprint density at radius 2 is 1.90 bits per heavy atom. The predicted molar refractivity (Wildman–Crippen MR) is 85.7 cm³/mol. The van der Waals surface area contributed by atoms with Crippen molar-refractivity contribution in [2.45, 2.75) is 13.1 Å². The average Bonchev–Trinajstić information content (AvgIpc) is 2.66. The van der Waals surface area contributed by atoms with Crippen LogP contribution in [0.15, 0.2) is 42.5 Å². The number of anilines is 1. The Morgan fingerprint density at radius 3 is 2.75 bits per heavy atom. The molecule has 0 fully saturated rings. The van der Waals surface area contributed by atoms with Crippen LogP contribution in [0.25, 0.3) is 0 Å². The van der Waals surface area contributed by atoms with Gasteiger partial charge in [0.15, 0.2) is 0 Å². The van der Waals surface area contributed by atoms with Gasteiger partial charge in [0.25, 0.3) is 0 Å². The highest BCUT2D eigenvalue weighted by atomic mass is 35.5. The summed E-state index contributed by atoms with van der Waals surface area (Å²) in [5.74, 6) is 0. The van der Waals surface area contributed by atoms with E-state index in [1.54, 1.807) is 0 Å². The predicted octanol–water partition coefficient (Wildman–Crippen LogP) is 4.10. The van der Waals surface area contributed by atoms with Crippen LogP contribution in [0, 0.1) is 0 Å². The maximum atomic E-state index is 6.10. The third kappa shape index (κ3) is 2.93. The second kappa shape index (κ2) is 6.04. The van der Waals surface area contributed by atoms with E-state index in [1.165, 1.54) is 16.8 Å². The van der Waals surface area contributed by atoms with Crippen molar-refractivity contribution in [2.24, 2.45) is 0 Å². The average molecular weight is 307 g/mol. The lowest BCUT2D eigenvalue weighted by atomic mass is 10.1. The van der Waals surface area contributed by atoms with Gasteiger partial charge >= 0.3 is 0 Å². The number of hydrogen-bond donors (Lipinski definition) is 1. The number of halogens is 2. The number of benzene rings is 2. The van der Waals surface area contributed by atoms with Gasteiger partial charge in [0.1, 0.15) is 0 Å². The minimum absolute atomic E-state index is 0.605. The number of hydrogen-bond acceptors (Lipinski definition) is 2. The lowest BCUT2D eigenvalue weighted by Crippen LogP contribution is -2.28. The highest BCUT2D eigenvalue weighted by Crippen LogP contribution is 2.27. The summed E-state index contributed by atoms with van der Waals surface area (Å²) in [6.45, 7) is 3.73. The molecular weight excluding hydrogens is 291 g/mol. The summed E-state index contributed by atoms with van der Waals surface area (Å²) in [6, 6.07) is 14.4. The van der Waals surface area contributed by atoms with Crippen LogP contribution in [0.5, 0.6) is 0 Å². The molecular formula is C16H16Cl2N2. The first-order chi connectivity index (χ1) is 9.74. The number of fused-ring (bicyclic) bond motifs is 1. The zero-order valence-corrected chi connectivity index (χ0v) is 12.6. The molecule has 0 saturated heterocycles. The third-order valence-corrected chi connectivity index (χ3v) is 4.30. The van der Waals surface area contributed by atoms with Crippen LogP contribution < -0.4 is 10.2 Å². The van der Waals surface area contributed by atoms with Crippen molar-refractivity contribution in [1.82, 2.24) is 5.32 Å². The van der Waals surface area contributed by atoms with E-state index < -0.39 is 0 Å². The van der Waals surface area contributed by atoms with Gasteiger partial charge in [0.2, 0.25) is 0 Å². The quantitative estimate of drug-likeness (QED) is 0.898. The Morgan fingerprint density at radius 1 is 1.05 bits per heavy atom. The largest absolute Gasteiger partial charge is 0.366 e. The zero-order chi connectivity index (χ0) is 13.9. The normalized spacial score (nSPS) is 14.8. The van der Waals surface area contributed by atoms with E-state index in [9.17, 15) is 0 Å². The Balaban J connectivity index is 1.88. The second-order valence-corrected chi connectivity index (χ2v) is 5.79. The molecule has 1 aliphatic heterocycles. The molecule has 1 aliphatic rings. The fourth-order valence-electron chi connectivity index (χ4n) is 2.55. The van der Waals surface area contributed by atoms with E-state index in [-0.39, 0.29) is 0 Å². The summed E-state index contributed by atoms with van der Waals surface area (Å²) in [5.41, 5.74) is 3.81. The molecule has 104 valence electrons.